The molecule has 0 radical (unpaired) electrons. The number of alkyl halides is 3. The van der Waals surface area contributed by atoms with Crippen molar-refractivity contribution >= 4 is 35.0 Å². The van der Waals surface area contributed by atoms with Crippen molar-refractivity contribution in [1.82, 2.24) is 20.2 Å². The van der Waals surface area contributed by atoms with E-state index in [0.717, 1.165) is 17.8 Å². The number of nitrogens with zero attached hydrogens (tertiary/aromatic N) is 4. The molecule has 0 aliphatic carbocycles. The Bertz CT molecular complexity index is 1040. The Hall–Kier alpha value is -2.79. The third kappa shape index (κ3) is 5.03. The maximum Gasteiger partial charge on any atom is 0.418 e. The van der Waals surface area contributed by atoms with Gasteiger partial charge in [-0.2, -0.15) is 17.9 Å². The number of halogens is 4. The van der Waals surface area contributed by atoms with Crippen LogP contribution in [0.5, 0.6) is 5.75 Å². The van der Waals surface area contributed by atoms with Crippen LogP contribution in [0.3, 0.4) is 0 Å². The number of ether oxygens (including phenoxy) is 1. The molecule has 1 amide bonds. The zero-order valence-corrected chi connectivity index (χ0v) is 17.1. The van der Waals surface area contributed by atoms with Crippen molar-refractivity contribution in [3.63, 3.8) is 0 Å². The molecule has 1 aromatic heterocycles. The molecule has 12 heteroatoms. The van der Waals surface area contributed by atoms with E-state index in [-0.39, 0.29) is 15.9 Å². The molecule has 0 saturated carbocycles. The van der Waals surface area contributed by atoms with E-state index in [1.807, 2.05) is 6.92 Å². The van der Waals surface area contributed by atoms with E-state index in [0.29, 0.717) is 18.0 Å². The van der Waals surface area contributed by atoms with Gasteiger partial charge in [0.05, 0.1) is 28.6 Å². The Morgan fingerprint density at radius 1 is 1.23 bits per heavy atom. The van der Waals surface area contributed by atoms with Crippen molar-refractivity contribution < 1.29 is 22.7 Å². The molecule has 0 aliphatic rings. The van der Waals surface area contributed by atoms with Crippen molar-refractivity contribution in [2.75, 3.05) is 17.7 Å². The summed E-state index contributed by atoms with van der Waals surface area (Å²) in [7, 11) is 0. The summed E-state index contributed by atoms with van der Waals surface area (Å²) in [5, 5.41) is 13.7. The van der Waals surface area contributed by atoms with Crippen molar-refractivity contribution in [3.8, 4) is 11.4 Å². The molecular formula is C18H15ClF3N5O2S. The molecule has 0 spiro atoms. The fraction of sp³-hybridized carbons (Fsp3) is 0.222. The minimum absolute atomic E-state index is 0.210. The van der Waals surface area contributed by atoms with Crippen LogP contribution in [-0.2, 0) is 11.0 Å². The maximum absolute atomic E-state index is 13.2. The summed E-state index contributed by atoms with van der Waals surface area (Å²) < 4.78 is 46.5. The SMILES string of the molecule is CCOc1ccccc1-n1nnnc1SCC(=O)Nc1c(Cl)cccc1C(F)(F)F. The number of amides is 1. The monoisotopic (exact) mass is 457 g/mol. The quantitative estimate of drug-likeness (QED) is 0.527. The number of hydrogen-bond donors (Lipinski definition) is 1. The van der Waals surface area contributed by atoms with Gasteiger partial charge in [-0.25, -0.2) is 0 Å². The molecule has 30 heavy (non-hydrogen) atoms. The zero-order chi connectivity index (χ0) is 21.7. The van der Waals surface area contributed by atoms with Gasteiger partial charge in [-0.1, -0.05) is 41.6 Å². The summed E-state index contributed by atoms with van der Waals surface area (Å²) in [6.45, 7) is 2.27. The topological polar surface area (TPSA) is 81.9 Å². The average molecular weight is 458 g/mol. The summed E-state index contributed by atoms with van der Waals surface area (Å²) in [4.78, 5) is 12.3. The van der Waals surface area contributed by atoms with Gasteiger partial charge in [0.2, 0.25) is 11.1 Å². The zero-order valence-electron chi connectivity index (χ0n) is 15.5. The van der Waals surface area contributed by atoms with Crippen LogP contribution in [0.4, 0.5) is 18.9 Å². The highest BCUT2D eigenvalue weighted by Gasteiger charge is 2.34. The number of hydrogen-bond acceptors (Lipinski definition) is 6. The second kappa shape index (κ2) is 9.35. The molecule has 158 valence electrons. The number of thioether (sulfide) groups is 1. The van der Waals surface area contributed by atoms with E-state index < -0.39 is 23.3 Å². The number of carbonyl (C=O) groups is 1. The number of nitrogens with one attached hydrogen (secondary N) is 1. The fourth-order valence-electron chi connectivity index (χ4n) is 2.52. The van der Waals surface area contributed by atoms with Gasteiger partial charge in [0, 0.05) is 0 Å². The first-order valence-corrected chi connectivity index (χ1v) is 9.96. The lowest BCUT2D eigenvalue weighted by molar-refractivity contribution is -0.137. The molecule has 1 N–H and O–H groups in total. The van der Waals surface area contributed by atoms with Crippen molar-refractivity contribution in [3.05, 3.63) is 53.1 Å². The number of anilines is 1. The Kier molecular flexibility index (Phi) is 6.83. The van der Waals surface area contributed by atoms with Crippen LogP contribution in [-0.4, -0.2) is 38.5 Å². The number of tetrazole rings is 1. The normalized spacial score (nSPS) is 11.4. The van der Waals surface area contributed by atoms with Gasteiger partial charge in [-0.3, -0.25) is 4.79 Å². The molecule has 0 aliphatic heterocycles. The summed E-state index contributed by atoms with van der Waals surface area (Å²) in [5.74, 6) is -0.379. The summed E-state index contributed by atoms with van der Waals surface area (Å²) >= 11 is 6.82. The molecule has 0 bridgehead atoms. The van der Waals surface area contributed by atoms with E-state index in [4.69, 9.17) is 16.3 Å². The van der Waals surface area contributed by atoms with Crippen molar-refractivity contribution in [1.29, 1.82) is 0 Å². The Labute approximate surface area is 178 Å². The largest absolute Gasteiger partial charge is 0.492 e. The van der Waals surface area contributed by atoms with E-state index >= 15 is 0 Å². The minimum atomic E-state index is -4.66. The van der Waals surface area contributed by atoms with E-state index in [2.05, 4.69) is 20.8 Å². The number of aromatic nitrogens is 4. The third-order valence-corrected chi connectivity index (χ3v) is 4.98. The highest BCUT2D eigenvalue weighted by atomic mass is 35.5. The number of rotatable bonds is 7. The van der Waals surface area contributed by atoms with Crippen molar-refractivity contribution in [2.45, 2.75) is 18.3 Å². The maximum atomic E-state index is 13.2. The molecule has 2 aromatic carbocycles. The second-order valence-electron chi connectivity index (χ2n) is 5.77. The minimum Gasteiger partial charge on any atom is -0.492 e. The lowest BCUT2D eigenvalue weighted by atomic mass is 10.1. The molecule has 0 atom stereocenters. The molecule has 0 fully saturated rings. The van der Waals surface area contributed by atoms with Crippen LogP contribution in [0.2, 0.25) is 5.02 Å². The van der Waals surface area contributed by atoms with E-state index in [1.54, 1.807) is 24.3 Å². The summed E-state index contributed by atoms with van der Waals surface area (Å²) in [5.41, 5.74) is -0.944. The van der Waals surface area contributed by atoms with Crippen LogP contribution in [0.25, 0.3) is 5.69 Å². The lowest BCUT2D eigenvalue weighted by Gasteiger charge is -2.15. The van der Waals surface area contributed by atoms with E-state index in [9.17, 15) is 18.0 Å². The van der Waals surface area contributed by atoms with Crippen LogP contribution in [0.15, 0.2) is 47.6 Å². The van der Waals surface area contributed by atoms with Crippen LogP contribution in [0.1, 0.15) is 12.5 Å². The number of benzene rings is 2. The molecule has 0 unspecified atom stereocenters. The predicted molar refractivity (Wildman–Crippen MR) is 106 cm³/mol. The average Bonchev–Trinajstić information content (AvgIpc) is 3.16. The van der Waals surface area contributed by atoms with Crippen LogP contribution >= 0.6 is 23.4 Å². The van der Waals surface area contributed by atoms with Gasteiger partial charge in [0.1, 0.15) is 11.4 Å². The number of para-hydroxylation sites is 3. The first-order valence-electron chi connectivity index (χ1n) is 8.60. The molecule has 0 saturated heterocycles. The predicted octanol–water partition coefficient (Wildman–Crippen LogP) is 4.46. The first kappa shape index (κ1) is 21.9. The summed E-state index contributed by atoms with van der Waals surface area (Å²) in [6, 6.07) is 10.3. The Morgan fingerprint density at radius 2 is 2.00 bits per heavy atom. The fourth-order valence-corrected chi connectivity index (χ4v) is 3.43. The standard InChI is InChI=1S/C18H15ClF3N5O2S/c1-2-29-14-9-4-3-8-13(14)27-17(24-25-26-27)30-10-15(28)23-16-11(18(20,21)22)6-5-7-12(16)19/h3-9H,2,10H2,1H3,(H,23,28). The Morgan fingerprint density at radius 3 is 2.73 bits per heavy atom. The third-order valence-electron chi connectivity index (χ3n) is 3.75. The summed E-state index contributed by atoms with van der Waals surface area (Å²) in [6.07, 6.45) is -4.66. The van der Waals surface area contributed by atoms with Gasteiger partial charge >= 0.3 is 6.18 Å². The first-order chi connectivity index (χ1) is 14.3. The van der Waals surface area contributed by atoms with Gasteiger partial charge in [0.15, 0.2) is 0 Å². The molecule has 3 rings (SSSR count). The lowest BCUT2D eigenvalue weighted by Crippen LogP contribution is -2.19. The van der Waals surface area contributed by atoms with Crippen molar-refractivity contribution in [2.24, 2.45) is 0 Å². The van der Waals surface area contributed by atoms with Gasteiger partial charge < -0.3 is 10.1 Å². The smallest absolute Gasteiger partial charge is 0.418 e. The Balaban J connectivity index is 1.75. The molecule has 1 heterocycles. The van der Waals surface area contributed by atoms with Gasteiger partial charge in [0.25, 0.3) is 0 Å². The van der Waals surface area contributed by atoms with Crippen LogP contribution in [0, 0.1) is 0 Å². The van der Waals surface area contributed by atoms with Gasteiger partial charge in [-0.05, 0) is 41.6 Å². The highest BCUT2D eigenvalue weighted by Crippen LogP contribution is 2.38. The molecular weight excluding hydrogens is 443 g/mol. The molecule has 7 nitrogen and oxygen atoms in total. The van der Waals surface area contributed by atoms with E-state index in [1.165, 1.54) is 16.8 Å². The second-order valence-corrected chi connectivity index (χ2v) is 7.12. The number of carbonyl (C=O) groups excluding carboxylic acids is 1. The van der Waals surface area contributed by atoms with Crippen LogP contribution < -0.4 is 10.1 Å². The molecule has 3 aromatic rings. The van der Waals surface area contributed by atoms with Gasteiger partial charge in [-0.15, -0.1) is 5.10 Å². The highest BCUT2D eigenvalue weighted by molar-refractivity contribution is 7.99.